The number of hydrogen-bond donors (Lipinski definition) is 0. The Hall–Kier alpha value is -1.64. The van der Waals surface area contributed by atoms with E-state index in [9.17, 15) is 9.59 Å². The van der Waals surface area contributed by atoms with Crippen molar-refractivity contribution in [3.05, 3.63) is 12.7 Å². The van der Waals surface area contributed by atoms with Gasteiger partial charge in [0.15, 0.2) is 6.61 Å². The molecule has 8 heteroatoms. The molecule has 0 aromatic carbocycles. The second-order valence-electron chi connectivity index (χ2n) is 4.82. The van der Waals surface area contributed by atoms with Crippen molar-refractivity contribution in [3.63, 3.8) is 0 Å². The molecule has 1 atom stereocenters. The van der Waals surface area contributed by atoms with Gasteiger partial charge in [-0.25, -0.2) is 14.5 Å². The first kappa shape index (κ1) is 16.4. The fraction of sp³-hybridized carbons (Fsp3) is 0.667. The lowest BCUT2D eigenvalue weighted by Gasteiger charge is -2.37. The molecule has 1 fully saturated rings. The van der Waals surface area contributed by atoms with Gasteiger partial charge < -0.3 is 18.9 Å². The van der Waals surface area contributed by atoms with E-state index in [1.165, 1.54) is 0 Å². The first-order chi connectivity index (χ1) is 9.26. The summed E-state index contributed by atoms with van der Waals surface area (Å²) in [6.07, 6.45) is 0.0690. The van der Waals surface area contributed by atoms with Crippen molar-refractivity contribution in [2.75, 3.05) is 19.8 Å². The number of esters is 1. The minimum absolute atomic E-state index is 0.0480. The maximum absolute atomic E-state index is 11.5. The van der Waals surface area contributed by atoms with Crippen LogP contribution in [0.4, 0.5) is 4.79 Å². The predicted octanol–water partition coefficient (Wildman–Crippen LogP) is 1.30. The van der Waals surface area contributed by atoms with Crippen LogP contribution < -0.4 is 0 Å². The third-order valence-electron chi connectivity index (χ3n) is 1.87. The first-order valence-corrected chi connectivity index (χ1v) is 5.92. The van der Waals surface area contributed by atoms with Crippen molar-refractivity contribution in [2.45, 2.75) is 32.3 Å². The maximum atomic E-state index is 11.5. The van der Waals surface area contributed by atoms with E-state index in [0.29, 0.717) is 0 Å². The van der Waals surface area contributed by atoms with E-state index in [1.807, 2.05) is 0 Å². The van der Waals surface area contributed by atoms with Crippen molar-refractivity contribution in [2.24, 2.45) is 0 Å². The van der Waals surface area contributed by atoms with Crippen LogP contribution in [0.2, 0.25) is 0 Å². The summed E-state index contributed by atoms with van der Waals surface area (Å²) < 4.78 is 19.7. The smallest absolute Gasteiger partial charge is 0.460 e. The zero-order valence-electron chi connectivity index (χ0n) is 11.7. The van der Waals surface area contributed by atoms with Gasteiger partial charge in [-0.2, -0.15) is 4.89 Å². The molecule has 114 valence electrons. The first-order valence-electron chi connectivity index (χ1n) is 5.92. The van der Waals surface area contributed by atoms with Crippen LogP contribution in [-0.2, 0) is 33.5 Å². The summed E-state index contributed by atoms with van der Waals surface area (Å²) in [7, 11) is 0. The number of rotatable bonds is 6. The summed E-state index contributed by atoms with van der Waals surface area (Å²) in [5.41, 5.74) is -0.706. The van der Waals surface area contributed by atoms with E-state index in [-0.39, 0.29) is 19.8 Å². The van der Waals surface area contributed by atoms with Crippen molar-refractivity contribution in [3.8, 4) is 0 Å². The summed E-state index contributed by atoms with van der Waals surface area (Å²) >= 11 is 0. The molecule has 0 saturated carbocycles. The fourth-order valence-electron chi connectivity index (χ4n) is 1.09. The molecule has 0 aromatic rings. The molecule has 1 aliphatic rings. The van der Waals surface area contributed by atoms with Gasteiger partial charge in [0, 0.05) is 6.08 Å². The van der Waals surface area contributed by atoms with Gasteiger partial charge in [-0.15, -0.1) is 0 Å². The monoisotopic (exact) mass is 290 g/mol. The zero-order chi connectivity index (χ0) is 15.2. The van der Waals surface area contributed by atoms with E-state index < -0.39 is 23.7 Å². The van der Waals surface area contributed by atoms with Gasteiger partial charge in [0.25, 0.3) is 0 Å². The lowest BCUT2D eigenvalue weighted by atomic mass is 10.2. The molecular weight excluding hydrogens is 272 g/mol. The Morgan fingerprint density at radius 3 is 2.45 bits per heavy atom. The highest BCUT2D eigenvalue weighted by Crippen LogP contribution is 2.26. The third-order valence-corrected chi connectivity index (χ3v) is 1.87. The largest absolute Gasteiger partial charge is 0.513 e. The van der Waals surface area contributed by atoms with Crippen molar-refractivity contribution in [1.82, 2.24) is 0 Å². The minimum atomic E-state index is -1.66. The van der Waals surface area contributed by atoms with E-state index in [2.05, 4.69) is 16.4 Å². The Morgan fingerprint density at radius 1 is 1.35 bits per heavy atom. The van der Waals surface area contributed by atoms with Crippen LogP contribution in [0.3, 0.4) is 0 Å². The summed E-state index contributed by atoms with van der Waals surface area (Å²) in [4.78, 5) is 31.4. The van der Waals surface area contributed by atoms with Crippen molar-refractivity contribution in [1.29, 1.82) is 0 Å². The molecule has 1 saturated heterocycles. The van der Waals surface area contributed by atoms with Crippen LogP contribution in [0.15, 0.2) is 12.7 Å². The van der Waals surface area contributed by atoms with E-state index in [4.69, 9.17) is 18.9 Å². The second-order valence-corrected chi connectivity index (χ2v) is 4.82. The number of carbonyl (C=O) groups is 2. The highest BCUT2D eigenvalue weighted by atomic mass is 17.3. The van der Waals surface area contributed by atoms with E-state index >= 15 is 0 Å². The highest BCUT2D eigenvalue weighted by molar-refractivity contribution is 5.81. The lowest BCUT2D eigenvalue weighted by molar-refractivity contribution is -0.597. The molecule has 0 N–H and O–H groups in total. The summed E-state index contributed by atoms with van der Waals surface area (Å²) in [5.74, 6) is -2.25. The van der Waals surface area contributed by atoms with Crippen molar-refractivity contribution >= 4 is 12.1 Å². The lowest BCUT2D eigenvalue weighted by Crippen LogP contribution is -2.54. The van der Waals surface area contributed by atoms with Gasteiger partial charge in [0.2, 0.25) is 0 Å². The average Bonchev–Trinajstić information content (AvgIpc) is 2.28. The van der Waals surface area contributed by atoms with Crippen LogP contribution >= 0.6 is 0 Å². The quantitative estimate of drug-likeness (QED) is 0.238. The molecule has 8 nitrogen and oxygen atoms in total. The normalized spacial score (nSPS) is 21.6. The molecule has 1 unspecified atom stereocenters. The predicted molar refractivity (Wildman–Crippen MR) is 64.2 cm³/mol. The zero-order valence-corrected chi connectivity index (χ0v) is 11.7. The van der Waals surface area contributed by atoms with Crippen LogP contribution in [0.5, 0.6) is 0 Å². The molecule has 0 amide bonds. The van der Waals surface area contributed by atoms with Gasteiger partial charge in [-0.05, 0) is 20.8 Å². The van der Waals surface area contributed by atoms with Crippen LogP contribution in [0.25, 0.3) is 0 Å². The van der Waals surface area contributed by atoms with Gasteiger partial charge in [-0.3, -0.25) is 0 Å². The minimum Gasteiger partial charge on any atom is -0.460 e. The van der Waals surface area contributed by atoms with Gasteiger partial charge in [-0.1, -0.05) is 6.58 Å². The van der Waals surface area contributed by atoms with Crippen LogP contribution in [-0.4, -0.2) is 43.5 Å². The van der Waals surface area contributed by atoms with Crippen molar-refractivity contribution < 1.29 is 38.3 Å². The molecule has 1 aliphatic heterocycles. The highest BCUT2D eigenvalue weighted by Gasteiger charge is 2.48. The summed E-state index contributed by atoms with van der Waals surface area (Å²) in [6.45, 7) is 8.10. The molecular formula is C12H18O8. The van der Waals surface area contributed by atoms with Crippen LogP contribution in [0.1, 0.15) is 20.8 Å². The maximum Gasteiger partial charge on any atom is 0.513 e. The molecule has 0 bridgehead atoms. The molecule has 0 aromatic heterocycles. The fourth-order valence-corrected chi connectivity index (χ4v) is 1.09. The van der Waals surface area contributed by atoms with E-state index in [1.54, 1.807) is 20.8 Å². The second kappa shape index (κ2) is 6.69. The standard InChI is InChI=1S/C12H18O8/c1-5-9(13)15-6-7-16-12(8-17-20-12)19-10(14)18-11(2,3)4/h5H,1,6-8H2,2-4H3. The van der Waals surface area contributed by atoms with E-state index in [0.717, 1.165) is 6.08 Å². The Labute approximate surface area is 116 Å². The van der Waals surface area contributed by atoms with Gasteiger partial charge in [0.05, 0.1) is 6.61 Å². The molecule has 0 radical (unpaired) electrons. The van der Waals surface area contributed by atoms with Gasteiger partial charge in [0.1, 0.15) is 12.2 Å². The summed E-state index contributed by atoms with van der Waals surface area (Å²) in [6, 6.07) is 0. The SMILES string of the molecule is C=CC(=O)OCCOC1(OC(=O)OC(C)(C)C)COO1. The van der Waals surface area contributed by atoms with Gasteiger partial charge >= 0.3 is 18.1 Å². The Bertz CT molecular complexity index is 366. The third kappa shape index (κ3) is 5.55. The number of hydrogen-bond acceptors (Lipinski definition) is 8. The number of ether oxygens (including phenoxy) is 4. The van der Waals surface area contributed by atoms with Crippen LogP contribution in [0, 0.1) is 0 Å². The molecule has 0 spiro atoms. The Morgan fingerprint density at radius 2 is 2.00 bits per heavy atom. The number of carbonyl (C=O) groups excluding carboxylic acids is 2. The molecule has 0 aliphatic carbocycles. The Kier molecular flexibility index (Phi) is 5.49. The topological polar surface area (TPSA) is 89.5 Å². The molecule has 1 rings (SSSR count). The average molecular weight is 290 g/mol. The summed E-state index contributed by atoms with van der Waals surface area (Å²) in [5, 5.41) is 0. The molecule has 1 heterocycles. The Balaban J connectivity index is 2.34. The molecule has 20 heavy (non-hydrogen) atoms.